The molecule has 6 heteroatoms. The van der Waals surface area contributed by atoms with Crippen molar-refractivity contribution in [1.82, 2.24) is 0 Å². The number of carbonyl (C=O) groups is 1. The summed E-state index contributed by atoms with van der Waals surface area (Å²) < 4.78 is 11.7. The Kier molecular flexibility index (Phi) is 3.41. The van der Waals surface area contributed by atoms with Crippen molar-refractivity contribution < 1.29 is 29.6 Å². The quantitative estimate of drug-likeness (QED) is 0.680. The Hall–Kier alpha value is -3.15. The minimum atomic E-state index is -0.692. The molecule has 6 nitrogen and oxygen atoms in total. The van der Waals surface area contributed by atoms with Crippen molar-refractivity contribution in [3.8, 4) is 28.7 Å². The summed E-state index contributed by atoms with van der Waals surface area (Å²) in [4.78, 5) is 13.0. The Morgan fingerprint density at radius 2 is 1.85 bits per heavy atom. The Bertz CT molecular complexity index is 957. The van der Waals surface area contributed by atoms with Crippen LogP contribution in [0, 0.1) is 0 Å². The average Bonchev–Trinajstić information content (AvgIpc) is 2.56. The lowest BCUT2D eigenvalue weighted by atomic mass is 9.86. The van der Waals surface area contributed by atoms with Gasteiger partial charge in [0.25, 0.3) is 0 Å². The zero-order valence-electron chi connectivity index (χ0n) is 14.3. The Balaban J connectivity index is 1.79. The van der Waals surface area contributed by atoms with Crippen molar-refractivity contribution in [2.45, 2.75) is 25.4 Å². The molecule has 0 fully saturated rings. The average molecular weight is 354 g/mol. The number of Topliss-reactive ketones (excluding diaryl/α,β-unsaturated/α-hetero) is 1. The molecule has 0 amide bonds. The van der Waals surface area contributed by atoms with E-state index in [4.69, 9.17) is 9.47 Å². The van der Waals surface area contributed by atoms with Crippen LogP contribution in [-0.4, -0.2) is 33.3 Å². The van der Waals surface area contributed by atoms with E-state index < -0.39 is 11.5 Å². The summed E-state index contributed by atoms with van der Waals surface area (Å²) in [6.07, 6.45) is 3.70. The van der Waals surface area contributed by atoms with Crippen LogP contribution in [0.15, 0.2) is 30.3 Å². The van der Waals surface area contributed by atoms with E-state index >= 15 is 0 Å². The zero-order chi connectivity index (χ0) is 18.6. The highest BCUT2D eigenvalue weighted by Crippen LogP contribution is 2.47. The molecular formula is C20H18O6. The predicted molar refractivity (Wildman–Crippen MR) is 94.2 cm³/mol. The smallest absolute Gasteiger partial charge is 0.181 e. The molecule has 0 radical (unpaired) electrons. The van der Waals surface area contributed by atoms with E-state index in [1.807, 2.05) is 26.0 Å². The summed E-state index contributed by atoms with van der Waals surface area (Å²) in [6, 6.07) is 5.62. The van der Waals surface area contributed by atoms with Crippen LogP contribution < -0.4 is 9.47 Å². The van der Waals surface area contributed by atoms with Crippen molar-refractivity contribution in [2.75, 3.05) is 6.61 Å². The molecular weight excluding hydrogens is 336 g/mol. The first kappa shape index (κ1) is 16.3. The number of phenolic OH excluding ortho intramolecular Hbond substituents is 3. The number of ketones is 1. The lowest BCUT2D eigenvalue weighted by molar-refractivity contribution is 0.0890. The number of carbonyl (C=O) groups excluding carboxylic acids is 1. The van der Waals surface area contributed by atoms with Gasteiger partial charge in [0.15, 0.2) is 17.3 Å². The van der Waals surface area contributed by atoms with E-state index in [-0.39, 0.29) is 35.2 Å². The van der Waals surface area contributed by atoms with Gasteiger partial charge in [-0.15, -0.1) is 0 Å². The molecule has 2 heterocycles. The SMILES string of the molecule is CC1(C)C=Cc2c(cc(O)c3c2OC[C@H](c2ccc(O)c(O)c2)C3=O)O1. The number of phenols is 3. The number of fused-ring (bicyclic) bond motifs is 3. The predicted octanol–water partition coefficient (Wildman–Crippen LogP) is 3.35. The van der Waals surface area contributed by atoms with Gasteiger partial charge in [0.05, 0.1) is 11.5 Å². The van der Waals surface area contributed by atoms with Gasteiger partial charge in [0.2, 0.25) is 0 Å². The fourth-order valence-corrected chi connectivity index (χ4v) is 3.29. The topological polar surface area (TPSA) is 96.2 Å². The van der Waals surface area contributed by atoms with Gasteiger partial charge in [-0.1, -0.05) is 6.07 Å². The highest BCUT2D eigenvalue weighted by Gasteiger charge is 2.37. The molecule has 0 aliphatic carbocycles. The number of benzene rings is 2. The third-order valence-corrected chi connectivity index (χ3v) is 4.64. The normalized spacial score (nSPS) is 19.9. The highest BCUT2D eigenvalue weighted by atomic mass is 16.5. The molecule has 26 heavy (non-hydrogen) atoms. The van der Waals surface area contributed by atoms with Crippen LogP contribution >= 0.6 is 0 Å². The number of ether oxygens (including phenoxy) is 2. The fraction of sp³-hybridized carbons (Fsp3) is 0.250. The highest BCUT2D eigenvalue weighted by molar-refractivity contribution is 6.07. The lowest BCUT2D eigenvalue weighted by Crippen LogP contribution is -2.30. The van der Waals surface area contributed by atoms with E-state index in [9.17, 15) is 20.1 Å². The molecule has 4 rings (SSSR count). The molecule has 0 unspecified atom stereocenters. The van der Waals surface area contributed by atoms with Crippen molar-refractivity contribution >= 4 is 11.9 Å². The molecule has 134 valence electrons. The molecule has 2 aromatic rings. The minimum absolute atomic E-state index is 0.0587. The first-order valence-electron chi connectivity index (χ1n) is 8.24. The number of rotatable bonds is 1. The maximum atomic E-state index is 13.0. The molecule has 0 spiro atoms. The first-order valence-corrected chi connectivity index (χ1v) is 8.24. The van der Waals surface area contributed by atoms with Crippen LogP contribution in [0.4, 0.5) is 0 Å². The van der Waals surface area contributed by atoms with Crippen LogP contribution in [0.25, 0.3) is 6.08 Å². The van der Waals surface area contributed by atoms with Crippen molar-refractivity contribution in [1.29, 1.82) is 0 Å². The second-order valence-corrected chi connectivity index (χ2v) is 7.03. The van der Waals surface area contributed by atoms with Crippen molar-refractivity contribution in [3.63, 3.8) is 0 Å². The third kappa shape index (κ3) is 2.45. The summed E-state index contributed by atoms with van der Waals surface area (Å²) in [6.45, 7) is 3.84. The largest absolute Gasteiger partial charge is 0.507 e. The summed E-state index contributed by atoms with van der Waals surface area (Å²) >= 11 is 0. The minimum Gasteiger partial charge on any atom is -0.507 e. The molecule has 2 aromatic carbocycles. The summed E-state index contributed by atoms with van der Waals surface area (Å²) in [7, 11) is 0. The Labute approximate surface area is 149 Å². The fourth-order valence-electron chi connectivity index (χ4n) is 3.29. The van der Waals surface area contributed by atoms with E-state index in [0.29, 0.717) is 22.6 Å². The maximum Gasteiger partial charge on any atom is 0.181 e. The summed E-state index contributed by atoms with van der Waals surface area (Å²) in [5, 5.41) is 29.6. The van der Waals surface area contributed by atoms with E-state index in [1.54, 1.807) is 6.07 Å². The maximum absolute atomic E-state index is 13.0. The van der Waals surface area contributed by atoms with Crippen LogP contribution in [0.2, 0.25) is 0 Å². The van der Waals surface area contributed by atoms with Crippen LogP contribution in [-0.2, 0) is 0 Å². The van der Waals surface area contributed by atoms with Gasteiger partial charge in [0.1, 0.15) is 35.0 Å². The van der Waals surface area contributed by atoms with Gasteiger partial charge >= 0.3 is 0 Å². The molecule has 0 saturated carbocycles. The second-order valence-electron chi connectivity index (χ2n) is 7.03. The summed E-state index contributed by atoms with van der Waals surface area (Å²) in [5.41, 5.74) is 0.706. The third-order valence-electron chi connectivity index (χ3n) is 4.64. The first-order chi connectivity index (χ1) is 12.3. The molecule has 1 atom stereocenters. The van der Waals surface area contributed by atoms with Crippen molar-refractivity contribution in [2.24, 2.45) is 0 Å². The van der Waals surface area contributed by atoms with E-state index in [2.05, 4.69) is 0 Å². The lowest BCUT2D eigenvalue weighted by Gasteiger charge is -2.32. The molecule has 2 aliphatic rings. The Morgan fingerprint density at radius 3 is 2.58 bits per heavy atom. The number of aromatic hydroxyl groups is 3. The number of hydrogen-bond acceptors (Lipinski definition) is 6. The van der Waals surface area contributed by atoms with Crippen molar-refractivity contribution in [3.05, 3.63) is 47.0 Å². The van der Waals surface area contributed by atoms with Gasteiger partial charge in [-0.25, -0.2) is 0 Å². The monoisotopic (exact) mass is 354 g/mol. The van der Waals surface area contributed by atoms with Gasteiger partial charge in [-0.3, -0.25) is 4.79 Å². The van der Waals surface area contributed by atoms with Crippen LogP contribution in [0.3, 0.4) is 0 Å². The standard InChI is InChI=1S/C20H18O6/c1-20(2)6-5-11-16(26-20)8-15(23)17-18(24)12(9-25-19(11)17)10-3-4-13(21)14(22)7-10/h3-8,12,21-23H,9H2,1-2H3/t12-/m1/s1. The molecule has 3 N–H and O–H groups in total. The second kappa shape index (κ2) is 5.42. The Morgan fingerprint density at radius 1 is 1.08 bits per heavy atom. The van der Waals surface area contributed by atoms with Gasteiger partial charge < -0.3 is 24.8 Å². The van der Waals surface area contributed by atoms with Gasteiger partial charge in [-0.2, -0.15) is 0 Å². The zero-order valence-corrected chi connectivity index (χ0v) is 14.3. The van der Waals surface area contributed by atoms with Gasteiger partial charge in [-0.05, 0) is 43.7 Å². The van der Waals surface area contributed by atoms with Crippen LogP contribution in [0.1, 0.15) is 41.3 Å². The molecule has 0 aromatic heterocycles. The van der Waals surface area contributed by atoms with E-state index in [1.165, 1.54) is 18.2 Å². The summed E-state index contributed by atoms with van der Waals surface area (Å²) in [5.74, 6) is -1.02. The van der Waals surface area contributed by atoms with Crippen LogP contribution in [0.5, 0.6) is 28.7 Å². The molecule has 2 aliphatic heterocycles. The number of hydrogen-bond donors (Lipinski definition) is 3. The molecule has 0 bridgehead atoms. The van der Waals surface area contributed by atoms with Gasteiger partial charge in [0, 0.05) is 6.07 Å². The van der Waals surface area contributed by atoms with E-state index in [0.717, 1.165) is 0 Å². The molecule has 0 saturated heterocycles.